The van der Waals surface area contributed by atoms with Crippen molar-refractivity contribution in [2.45, 2.75) is 23.7 Å². The predicted molar refractivity (Wildman–Crippen MR) is 235 cm³/mol. The summed E-state index contributed by atoms with van der Waals surface area (Å²) in [6.07, 6.45) is 0. The molecule has 8 bridgehead atoms. The summed E-state index contributed by atoms with van der Waals surface area (Å²) >= 11 is 0. The summed E-state index contributed by atoms with van der Waals surface area (Å²) in [4.78, 5) is 0. The summed E-state index contributed by atoms with van der Waals surface area (Å²) in [7, 11) is 0. The van der Waals surface area contributed by atoms with E-state index < -0.39 is 69.7 Å². The van der Waals surface area contributed by atoms with Gasteiger partial charge in [0, 0.05) is 92.4 Å². The number of phenols is 12. The summed E-state index contributed by atoms with van der Waals surface area (Å²) in [5.74, 6) is -8.11. The third-order valence-corrected chi connectivity index (χ3v) is 12.1. The van der Waals surface area contributed by atoms with Gasteiger partial charge < -0.3 is 61.3 Å². The van der Waals surface area contributed by atoms with Crippen LogP contribution in [-0.2, 0) is 0 Å². The Labute approximate surface area is 365 Å². The van der Waals surface area contributed by atoms with Gasteiger partial charge in [-0.2, -0.15) is 0 Å². The number of phenolic OH excluding ortho intramolecular Hbond substituents is 12. The molecule has 12 nitrogen and oxygen atoms in total. The van der Waals surface area contributed by atoms with E-state index in [9.17, 15) is 61.3 Å². The standard InChI is InChI=1S/C52H40O12/c53-29-9-1-25(2-10-29)49-33-17-35(43(59)21-41(33)57)50(26-3-11-30(54)12-4-26)37-19-39(47(63)23-45(37)61)52(28-7-15-32(56)16-8-28)40-20-38(46(62)24-48(40)64)51(27-5-13-31(55)14-6-27)36-18-34(49)42(58)22-44(36)60/h1-24,49-64H. The molecule has 12 heteroatoms. The highest BCUT2D eigenvalue weighted by Gasteiger charge is 2.35. The Bertz CT molecular complexity index is 2550. The van der Waals surface area contributed by atoms with Gasteiger partial charge in [-0.15, -0.1) is 0 Å². The molecule has 0 saturated heterocycles. The van der Waals surface area contributed by atoms with E-state index >= 15 is 0 Å². The molecule has 0 aromatic heterocycles. The fraction of sp³-hybridized carbons (Fsp3) is 0.0769. The minimum atomic E-state index is -1.11. The van der Waals surface area contributed by atoms with Crippen LogP contribution < -0.4 is 0 Å². The van der Waals surface area contributed by atoms with Gasteiger partial charge in [-0.25, -0.2) is 0 Å². The fourth-order valence-electron chi connectivity index (χ4n) is 9.07. The second-order valence-corrected chi connectivity index (χ2v) is 16.0. The number of rotatable bonds is 4. The van der Waals surface area contributed by atoms with Crippen molar-refractivity contribution in [3.05, 3.63) is 212 Å². The maximum Gasteiger partial charge on any atom is 0.123 e. The molecule has 12 N–H and O–H groups in total. The number of hydrogen-bond donors (Lipinski definition) is 12. The molecule has 8 aromatic carbocycles. The minimum Gasteiger partial charge on any atom is -0.508 e. The van der Waals surface area contributed by atoms with Crippen LogP contribution in [0.5, 0.6) is 69.0 Å². The quantitative estimate of drug-likeness (QED) is 0.0793. The maximum absolute atomic E-state index is 11.9. The van der Waals surface area contributed by atoms with Gasteiger partial charge in [-0.3, -0.25) is 0 Å². The Morgan fingerprint density at radius 2 is 0.328 bits per heavy atom. The van der Waals surface area contributed by atoms with E-state index in [0.29, 0.717) is 22.3 Å². The Kier molecular flexibility index (Phi) is 9.98. The van der Waals surface area contributed by atoms with E-state index in [2.05, 4.69) is 0 Å². The van der Waals surface area contributed by atoms with E-state index in [-0.39, 0.29) is 67.5 Å². The first-order valence-electron chi connectivity index (χ1n) is 20.1. The third kappa shape index (κ3) is 7.12. The van der Waals surface area contributed by atoms with Gasteiger partial charge in [0.15, 0.2) is 0 Å². The lowest BCUT2D eigenvalue weighted by molar-refractivity contribution is 0.431. The van der Waals surface area contributed by atoms with E-state index in [1.54, 1.807) is 48.5 Å². The second kappa shape index (κ2) is 15.7. The molecule has 0 unspecified atom stereocenters. The maximum atomic E-state index is 11.9. The summed E-state index contributed by atoms with van der Waals surface area (Å²) in [6, 6.07) is 34.4. The van der Waals surface area contributed by atoms with Crippen LogP contribution in [0.3, 0.4) is 0 Å². The molecule has 0 fully saturated rings. The van der Waals surface area contributed by atoms with Crippen molar-refractivity contribution in [2.24, 2.45) is 0 Å². The lowest BCUT2D eigenvalue weighted by Gasteiger charge is -2.29. The van der Waals surface area contributed by atoms with Crippen LogP contribution in [0.2, 0.25) is 0 Å². The number of fused-ring (bicyclic) bond motifs is 8. The minimum absolute atomic E-state index is 0.0780. The largest absolute Gasteiger partial charge is 0.508 e. The fourth-order valence-corrected chi connectivity index (χ4v) is 9.07. The van der Waals surface area contributed by atoms with E-state index in [0.717, 1.165) is 24.3 Å². The average Bonchev–Trinajstić information content (AvgIpc) is 3.25. The molecule has 0 amide bonds. The lowest BCUT2D eigenvalue weighted by Crippen LogP contribution is -2.13. The molecule has 8 aromatic rings. The SMILES string of the molecule is Oc1ccc(C2c3cc(c(O)cc3O)C(c3ccc(O)cc3)c3cc(c(O)cc3O)C(c3ccc(O)cc3)c3cc(c(O)cc3O)C(c3ccc(O)cc3)c3cc2c(O)cc3O)cc1. The van der Waals surface area contributed by atoms with Gasteiger partial charge in [0.2, 0.25) is 0 Å². The topological polar surface area (TPSA) is 243 Å². The Balaban J connectivity index is 1.48. The van der Waals surface area contributed by atoms with E-state index in [1.807, 2.05) is 0 Å². The molecule has 1 aliphatic rings. The molecule has 0 atom stereocenters. The Morgan fingerprint density at radius 1 is 0.188 bits per heavy atom. The Hall–Kier alpha value is -8.64. The molecule has 0 spiro atoms. The van der Waals surface area contributed by atoms with Crippen molar-refractivity contribution < 1.29 is 61.3 Å². The number of hydrogen-bond acceptors (Lipinski definition) is 12. The molecular weight excluding hydrogens is 817 g/mol. The molecule has 0 aliphatic heterocycles. The lowest BCUT2D eigenvalue weighted by atomic mass is 9.75. The predicted octanol–water partition coefficient (Wildman–Crippen LogP) is 9.19. The van der Waals surface area contributed by atoms with Crippen LogP contribution >= 0.6 is 0 Å². The highest BCUT2D eigenvalue weighted by atomic mass is 16.3. The molecule has 0 saturated carbocycles. The molecule has 64 heavy (non-hydrogen) atoms. The monoisotopic (exact) mass is 856 g/mol. The summed E-state index contributed by atoms with van der Waals surface area (Å²) in [5, 5.41) is 136. The first-order chi connectivity index (χ1) is 30.7. The van der Waals surface area contributed by atoms with Gasteiger partial charge in [-0.05, 0) is 95.1 Å². The van der Waals surface area contributed by atoms with Gasteiger partial charge >= 0.3 is 0 Å². The zero-order valence-corrected chi connectivity index (χ0v) is 33.5. The average molecular weight is 857 g/mol. The van der Waals surface area contributed by atoms with Crippen LogP contribution in [-0.4, -0.2) is 61.3 Å². The first-order valence-corrected chi connectivity index (χ1v) is 20.1. The zero-order valence-electron chi connectivity index (χ0n) is 33.5. The molecule has 0 heterocycles. The van der Waals surface area contributed by atoms with Crippen molar-refractivity contribution in [3.63, 3.8) is 0 Å². The van der Waals surface area contributed by atoms with Crippen LogP contribution in [0.15, 0.2) is 146 Å². The van der Waals surface area contributed by atoms with Crippen LogP contribution in [0.4, 0.5) is 0 Å². The summed E-state index contributed by atoms with van der Waals surface area (Å²) < 4.78 is 0. The molecule has 0 radical (unpaired) electrons. The second-order valence-electron chi connectivity index (χ2n) is 16.0. The van der Waals surface area contributed by atoms with E-state index in [1.165, 1.54) is 72.8 Å². The number of benzene rings is 8. The smallest absolute Gasteiger partial charge is 0.123 e. The van der Waals surface area contributed by atoms with Gasteiger partial charge in [0.1, 0.15) is 69.0 Å². The van der Waals surface area contributed by atoms with Gasteiger partial charge in [0.25, 0.3) is 0 Å². The molecule has 9 rings (SSSR count). The van der Waals surface area contributed by atoms with Gasteiger partial charge in [0.05, 0.1) is 0 Å². The van der Waals surface area contributed by atoms with Crippen molar-refractivity contribution in [2.75, 3.05) is 0 Å². The number of aromatic hydroxyl groups is 12. The van der Waals surface area contributed by atoms with Crippen LogP contribution in [0, 0.1) is 0 Å². The van der Waals surface area contributed by atoms with Gasteiger partial charge in [-0.1, -0.05) is 48.5 Å². The molecule has 320 valence electrons. The van der Waals surface area contributed by atoms with Crippen molar-refractivity contribution >= 4 is 0 Å². The zero-order chi connectivity index (χ0) is 45.1. The normalized spacial score (nSPS) is 16.9. The summed E-state index contributed by atoms with van der Waals surface area (Å²) in [6.45, 7) is 0. The van der Waals surface area contributed by atoms with Crippen molar-refractivity contribution in [1.29, 1.82) is 0 Å². The summed E-state index contributed by atoms with van der Waals surface area (Å²) in [5.41, 5.74) is 2.71. The first kappa shape index (κ1) is 40.7. The highest BCUT2D eigenvalue weighted by molar-refractivity contribution is 5.67. The third-order valence-electron chi connectivity index (χ3n) is 12.1. The van der Waals surface area contributed by atoms with Crippen molar-refractivity contribution in [1.82, 2.24) is 0 Å². The molecule has 1 aliphatic carbocycles. The Morgan fingerprint density at radius 3 is 0.469 bits per heavy atom. The van der Waals surface area contributed by atoms with Crippen LogP contribution in [0.25, 0.3) is 0 Å². The van der Waals surface area contributed by atoms with Crippen LogP contribution in [0.1, 0.15) is 90.4 Å². The molecular formula is C52H40O12. The van der Waals surface area contributed by atoms with E-state index in [4.69, 9.17) is 0 Å². The van der Waals surface area contributed by atoms with Crippen molar-refractivity contribution in [3.8, 4) is 69.0 Å². The highest BCUT2D eigenvalue weighted by Crippen LogP contribution is 2.54.